The summed E-state index contributed by atoms with van der Waals surface area (Å²) in [4.78, 5) is 14.9. The summed E-state index contributed by atoms with van der Waals surface area (Å²) < 4.78 is 0. The third-order valence-corrected chi connectivity index (χ3v) is 1.76. The van der Waals surface area contributed by atoms with E-state index >= 15 is 0 Å². The highest BCUT2D eigenvalue weighted by Crippen LogP contribution is 2.07. The van der Waals surface area contributed by atoms with Gasteiger partial charge in [-0.1, -0.05) is 24.3 Å². The predicted octanol–water partition coefficient (Wildman–Crippen LogP) is 1.87. The molecule has 68 valence electrons. The van der Waals surface area contributed by atoms with Crippen LogP contribution in [-0.2, 0) is 11.2 Å². The molecule has 1 aromatic carbocycles. The molecule has 0 aromatic heterocycles. The molecular weight excluding hydrogens is 162 g/mol. The molecule has 2 nitrogen and oxygen atoms in total. The Kier molecular flexibility index (Phi) is 3.38. The number of hydrogen-bond acceptors (Lipinski definition) is 2. The average molecular weight is 175 g/mol. The highest BCUT2D eigenvalue weighted by molar-refractivity contribution is 5.86. The predicted molar refractivity (Wildman–Crippen MR) is 54.3 cm³/mol. The average Bonchev–Trinajstić information content (AvgIpc) is 2.08. The maximum absolute atomic E-state index is 10.9. The second kappa shape index (κ2) is 4.55. The van der Waals surface area contributed by atoms with E-state index in [2.05, 4.69) is 4.99 Å². The van der Waals surface area contributed by atoms with Gasteiger partial charge in [0.15, 0.2) is 0 Å². The number of ketones is 1. The van der Waals surface area contributed by atoms with Gasteiger partial charge in [0.2, 0.25) is 0 Å². The number of benzene rings is 1. The minimum Gasteiger partial charge on any atom is -0.300 e. The maximum atomic E-state index is 10.9. The third-order valence-electron chi connectivity index (χ3n) is 1.76. The summed E-state index contributed by atoms with van der Waals surface area (Å²) in [6.07, 6.45) is 2.26. The van der Waals surface area contributed by atoms with Crippen LogP contribution in [0.5, 0.6) is 0 Å². The largest absolute Gasteiger partial charge is 0.300 e. The van der Waals surface area contributed by atoms with Crippen LogP contribution in [0.15, 0.2) is 29.3 Å². The number of carbonyl (C=O) groups is 1. The molecule has 0 fully saturated rings. The molecule has 0 aliphatic rings. The van der Waals surface area contributed by atoms with Gasteiger partial charge in [-0.2, -0.15) is 0 Å². The van der Waals surface area contributed by atoms with Crippen LogP contribution in [0.3, 0.4) is 0 Å². The smallest absolute Gasteiger partial charge is 0.134 e. The normalized spacial score (nSPS) is 10.6. The number of carbonyl (C=O) groups excluding carboxylic acids is 1. The Morgan fingerprint density at radius 1 is 1.46 bits per heavy atom. The molecule has 0 saturated heterocycles. The highest BCUT2D eigenvalue weighted by atomic mass is 16.1. The summed E-state index contributed by atoms with van der Waals surface area (Å²) in [7, 11) is 1.73. The van der Waals surface area contributed by atoms with E-state index in [4.69, 9.17) is 0 Å². The van der Waals surface area contributed by atoms with E-state index in [9.17, 15) is 4.79 Å². The maximum Gasteiger partial charge on any atom is 0.134 e. The lowest BCUT2D eigenvalue weighted by Crippen LogP contribution is -2.00. The summed E-state index contributed by atoms with van der Waals surface area (Å²) in [5, 5.41) is 0. The lowest BCUT2D eigenvalue weighted by Gasteiger charge is -2.01. The Morgan fingerprint density at radius 2 is 2.15 bits per heavy atom. The van der Waals surface area contributed by atoms with Crippen molar-refractivity contribution in [3.05, 3.63) is 35.4 Å². The van der Waals surface area contributed by atoms with E-state index in [1.807, 2.05) is 24.3 Å². The fraction of sp³-hybridized carbons (Fsp3) is 0.273. The van der Waals surface area contributed by atoms with Crippen molar-refractivity contribution in [3.63, 3.8) is 0 Å². The van der Waals surface area contributed by atoms with Crippen molar-refractivity contribution >= 4 is 12.0 Å². The summed E-state index contributed by atoms with van der Waals surface area (Å²) in [6, 6.07) is 7.80. The van der Waals surface area contributed by atoms with Crippen molar-refractivity contribution in [2.75, 3.05) is 7.05 Å². The van der Waals surface area contributed by atoms with E-state index in [1.165, 1.54) is 0 Å². The van der Waals surface area contributed by atoms with E-state index in [1.54, 1.807) is 20.2 Å². The molecule has 2 heteroatoms. The zero-order valence-corrected chi connectivity index (χ0v) is 7.95. The lowest BCUT2D eigenvalue weighted by molar-refractivity contribution is -0.116. The van der Waals surface area contributed by atoms with Crippen LogP contribution in [0.25, 0.3) is 0 Å². The monoisotopic (exact) mass is 175 g/mol. The molecule has 0 amide bonds. The van der Waals surface area contributed by atoms with Crippen LogP contribution in [0.2, 0.25) is 0 Å². The van der Waals surface area contributed by atoms with E-state index in [-0.39, 0.29) is 5.78 Å². The van der Waals surface area contributed by atoms with Gasteiger partial charge in [0.25, 0.3) is 0 Å². The number of hydrogen-bond donors (Lipinski definition) is 0. The Bertz CT molecular complexity index is 329. The van der Waals surface area contributed by atoms with E-state index < -0.39 is 0 Å². The first-order valence-corrected chi connectivity index (χ1v) is 4.23. The first-order chi connectivity index (χ1) is 6.24. The van der Waals surface area contributed by atoms with Crippen molar-refractivity contribution in [1.82, 2.24) is 0 Å². The van der Waals surface area contributed by atoms with Gasteiger partial charge in [-0.3, -0.25) is 9.79 Å². The summed E-state index contributed by atoms with van der Waals surface area (Å²) in [5.74, 6) is 0.178. The first-order valence-electron chi connectivity index (χ1n) is 4.23. The number of aliphatic imine (C=N–C) groups is 1. The summed E-state index contributed by atoms with van der Waals surface area (Å²) in [6.45, 7) is 1.60. The standard InChI is InChI=1S/C11H13NO/c1-9(13)7-10-5-3-4-6-11(10)8-12-2/h3-6,8H,7H2,1-2H3. The molecular formula is C11H13NO. The van der Waals surface area contributed by atoms with Crippen LogP contribution >= 0.6 is 0 Å². The van der Waals surface area contributed by atoms with Crippen molar-refractivity contribution in [2.24, 2.45) is 4.99 Å². The second-order valence-corrected chi connectivity index (χ2v) is 2.96. The van der Waals surface area contributed by atoms with Crippen LogP contribution in [0.4, 0.5) is 0 Å². The van der Waals surface area contributed by atoms with E-state index in [0.717, 1.165) is 11.1 Å². The van der Waals surface area contributed by atoms with Crippen molar-refractivity contribution < 1.29 is 4.79 Å². The zero-order chi connectivity index (χ0) is 9.68. The Labute approximate surface area is 78.3 Å². The van der Waals surface area contributed by atoms with Crippen molar-refractivity contribution in [2.45, 2.75) is 13.3 Å². The van der Waals surface area contributed by atoms with Gasteiger partial charge >= 0.3 is 0 Å². The SMILES string of the molecule is CN=Cc1ccccc1CC(C)=O. The minimum absolute atomic E-state index is 0.178. The molecule has 0 saturated carbocycles. The quantitative estimate of drug-likeness (QED) is 0.645. The molecule has 1 rings (SSSR count). The van der Waals surface area contributed by atoms with Crippen molar-refractivity contribution in [3.8, 4) is 0 Å². The number of nitrogens with zero attached hydrogens (tertiary/aromatic N) is 1. The lowest BCUT2D eigenvalue weighted by atomic mass is 10.0. The number of Topliss-reactive ketones (excluding diaryl/α,β-unsaturated/α-hetero) is 1. The van der Waals surface area contributed by atoms with Gasteiger partial charge in [-0.25, -0.2) is 0 Å². The number of rotatable bonds is 3. The molecule has 0 aliphatic carbocycles. The molecule has 0 heterocycles. The molecule has 0 spiro atoms. The fourth-order valence-corrected chi connectivity index (χ4v) is 1.23. The highest BCUT2D eigenvalue weighted by Gasteiger charge is 2.01. The molecule has 13 heavy (non-hydrogen) atoms. The van der Waals surface area contributed by atoms with Crippen LogP contribution < -0.4 is 0 Å². The zero-order valence-electron chi connectivity index (χ0n) is 7.95. The van der Waals surface area contributed by atoms with Gasteiger partial charge in [-0.05, 0) is 18.1 Å². The van der Waals surface area contributed by atoms with Gasteiger partial charge in [0.1, 0.15) is 5.78 Å². The molecule has 1 aromatic rings. The van der Waals surface area contributed by atoms with Gasteiger partial charge in [0.05, 0.1) is 0 Å². The first kappa shape index (κ1) is 9.65. The molecule has 0 N–H and O–H groups in total. The van der Waals surface area contributed by atoms with Gasteiger partial charge in [0, 0.05) is 19.7 Å². The van der Waals surface area contributed by atoms with Crippen LogP contribution in [-0.4, -0.2) is 19.0 Å². The van der Waals surface area contributed by atoms with E-state index in [0.29, 0.717) is 6.42 Å². The molecule has 0 radical (unpaired) electrons. The van der Waals surface area contributed by atoms with Crippen LogP contribution in [0, 0.1) is 0 Å². The summed E-state index contributed by atoms with van der Waals surface area (Å²) in [5.41, 5.74) is 2.07. The Hall–Kier alpha value is -1.44. The Morgan fingerprint density at radius 3 is 2.77 bits per heavy atom. The fourth-order valence-electron chi connectivity index (χ4n) is 1.23. The molecule has 0 bridgehead atoms. The van der Waals surface area contributed by atoms with Crippen molar-refractivity contribution in [1.29, 1.82) is 0 Å². The van der Waals surface area contributed by atoms with Gasteiger partial charge < -0.3 is 0 Å². The molecule has 0 aliphatic heterocycles. The topological polar surface area (TPSA) is 29.4 Å². The van der Waals surface area contributed by atoms with Crippen LogP contribution in [0.1, 0.15) is 18.1 Å². The second-order valence-electron chi connectivity index (χ2n) is 2.96. The molecule has 0 atom stereocenters. The van der Waals surface area contributed by atoms with Gasteiger partial charge in [-0.15, -0.1) is 0 Å². The Balaban J connectivity index is 2.97. The minimum atomic E-state index is 0.178. The molecule has 0 unspecified atom stereocenters. The summed E-state index contributed by atoms with van der Waals surface area (Å²) >= 11 is 0. The third kappa shape index (κ3) is 2.82.